The third-order valence-electron chi connectivity index (χ3n) is 7.67. The van der Waals surface area contributed by atoms with Crippen molar-refractivity contribution in [2.24, 2.45) is 17.3 Å². The van der Waals surface area contributed by atoms with Gasteiger partial charge in [-0.25, -0.2) is 9.59 Å². The number of nitrogens with zero attached hydrogens (tertiary/aromatic N) is 1. The molecule has 1 saturated carbocycles. The van der Waals surface area contributed by atoms with Crippen molar-refractivity contribution in [3.05, 3.63) is 69.2 Å². The van der Waals surface area contributed by atoms with E-state index in [9.17, 15) is 14.4 Å². The van der Waals surface area contributed by atoms with Crippen LogP contribution in [-0.2, 0) is 14.3 Å². The van der Waals surface area contributed by atoms with Crippen molar-refractivity contribution >= 4 is 52.7 Å². The number of rotatable bonds is 10. The van der Waals surface area contributed by atoms with Crippen LogP contribution in [0.4, 0.5) is 21.0 Å². The first-order valence-corrected chi connectivity index (χ1v) is 13.9. The van der Waals surface area contributed by atoms with Gasteiger partial charge >= 0.3 is 12.2 Å². The summed E-state index contributed by atoms with van der Waals surface area (Å²) in [5.74, 6) is -0.639. The van der Waals surface area contributed by atoms with Crippen LogP contribution in [0.1, 0.15) is 36.1 Å². The summed E-state index contributed by atoms with van der Waals surface area (Å²) >= 11 is 11.7. The van der Waals surface area contributed by atoms with Gasteiger partial charge in [-0.2, -0.15) is 0 Å². The summed E-state index contributed by atoms with van der Waals surface area (Å²) in [6.45, 7) is 11.8. The van der Waals surface area contributed by atoms with Crippen LogP contribution in [0.25, 0.3) is 0 Å². The fourth-order valence-corrected chi connectivity index (χ4v) is 4.96. The minimum absolute atomic E-state index is 0.0406. The Morgan fingerprint density at radius 3 is 1.73 bits per heavy atom. The minimum atomic E-state index is -0.619. The topological polar surface area (TPSA) is 97.0 Å². The van der Waals surface area contributed by atoms with Gasteiger partial charge in [0.15, 0.2) is 0 Å². The fourth-order valence-electron chi connectivity index (χ4n) is 4.69. The van der Waals surface area contributed by atoms with E-state index in [0.29, 0.717) is 11.4 Å². The maximum atomic E-state index is 13.5. The average molecular weight is 591 g/mol. The van der Waals surface area contributed by atoms with Crippen molar-refractivity contribution in [1.29, 1.82) is 0 Å². The second kappa shape index (κ2) is 13.4. The Hall–Kier alpha value is -3.23. The molecule has 0 spiro atoms. The number of aryl methyl sites for hydroxylation is 2. The van der Waals surface area contributed by atoms with E-state index in [1.165, 1.54) is 0 Å². The van der Waals surface area contributed by atoms with E-state index in [1.807, 2.05) is 65.8 Å². The zero-order valence-corrected chi connectivity index (χ0v) is 25.3. The second-order valence-corrected chi connectivity index (χ2v) is 11.6. The number of hydrogen-bond acceptors (Lipinski definition) is 5. The molecular formula is C30H37Cl2N3O5. The number of amides is 3. The Labute approximate surface area is 246 Å². The highest BCUT2D eigenvalue weighted by Gasteiger charge is 2.61. The zero-order chi connectivity index (χ0) is 29.6. The lowest BCUT2D eigenvalue weighted by Crippen LogP contribution is -2.39. The summed E-state index contributed by atoms with van der Waals surface area (Å²) < 4.78 is 10.9. The molecule has 0 aromatic heterocycles. The van der Waals surface area contributed by atoms with Gasteiger partial charge in [-0.15, -0.1) is 0 Å². The molecule has 8 nitrogen and oxygen atoms in total. The lowest BCUT2D eigenvalue weighted by atomic mass is 10.1. The van der Waals surface area contributed by atoms with Gasteiger partial charge in [0.05, 0.1) is 19.0 Å². The summed E-state index contributed by atoms with van der Waals surface area (Å²) in [5, 5.41) is 5.48. The standard InChI is InChI=1S/C30H37Cl2N3O5/c1-18-9-7-11-23(20(18)3)33-28(37)39-15-13-35(27(36)26-22(17-25(31)32)30(26,5)6)14-16-40-29(38)34-24-12-8-10-19(2)21(24)4/h7-12,17,22,26H,13-16H2,1-6H3,(H,33,37)(H,34,38)/t22-,26+/m1/s1. The summed E-state index contributed by atoms with van der Waals surface area (Å²) in [7, 11) is 0. The van der Waals surface area contributed by atoms with Gasteiger partial charge in [0.1, 0.15) is 17.7 Å². The average Bonchev–Trinajstić information content (AvgIpc) is 3.41. The fraction of sp³-hybridized carbons (Fsp3) is 0.433. The molecule has 1 aliphatic carbocycles. The molecule has 3 amide bonds. The van der Waals surface area contributed by atoms with Crippen LogP contribution in [0.15, 0.2) is 47.0 Å². The van der Waals surface area contributed by atoms with Crippen LogP contribution in [0.5, 0.6) is 0 Å². The third kappa shape index (κ3) is 7.92. The normalized spacial score (nSPS) is 16.9. The smallest absolute Gasteiger partial charge is 0.411 e. The number of carbonyl (C=O) groups is 3. The van der Waals surface area contributed by atoms with Gasteiger partial charge < -0.3 is 14.4 Å². The number of hydrogen-bond donors (Lipinski definition) is 2. The van der Waals surface area contributed by atoms with E-state index in [4.69, 9.17) is 32.7 Å². The Bertz CT molecular complexity index is 1220. The molecule has 10 heteroatoms. The number of halogens is 2. The zero-order valence-electron chi connectivity index (χ0n) is 23.8. The number of nitrogens with one attached hydrogen (secondary N) is 2. The highest BCUT2D eigenvalue weighted by molar-refractivity contribution is 6.55. The Balaban J connectivity index is 1.60. The van der Waals surface area contributed by atoms with Gasteiger partial charge in [-0.05, 0) is 79.5 Å². The largest absolute Gasteiger partial charge is 0.447 e. The molecule has 2 aromatic carbocycles. The molecule has 0 aliphatic heterocycles. The minimum Gasteiger partial charge on any atom is -0.447 e. The van der Waals surface area contributed by atoms with Gasteiger partial charge in [-0.3, -0.25) is 15.4 Å². The summed E-state index contributed by atoms with van der Waals surface area (Å²) in [4.78, 5) is 39.9. The Kier molecular flexibility index (Phi) is 10.5. The van der Waals surface area contributed by atoms with Crippen molar-refractivity contribution in [2.45, 2.75) is 41.5 Å². The summed E-state index contributed by atoms with van der Waals surface area (Å²) in [6.07, 6.45) is 0.435. The highest BCUT2D eigenvalue weighted by atomic mass is 35.5. The lowest BCUT2D eigenvalue weighted by Gasteiger charge is -2.23. The molecule has 0 bridgehead atoms. The maximum absolute atomic E-state index is 13.5. The van der Waals surface area contributed by atoms with Gasteiger partial charge in [-0.1, -0.05) is 61.3 Å². The number of ether oxygens (including phenoxy) is 2. The first-order chi connectivity index (χ1) is 18.8. The maximum Gasteiger partial charge on any atom is 0.411 e. The Morgan fingerprint density at radius 1 is 0.850 bits per heavy atom. The van der Waals surface area contributed by atoms with Crippen LogP contribution in [0, 0.1) is 44.9 Å². The number of allylic oxidation sites excluding steroid dienone is 1. The van der Waals surface area contributed by atoms with E-state index >= 15 is 0 Å². The predicted molar refractivity (Wildman–Crippen MR) is 159 cm³/mol. The van der Waals surface area contributed by atoms with Crippen molar-refractivity contribution in [2.75, 3.05) is 36.9 Å². The predicted octanol–water partition coefficient (Wildman–Crippen LogP) is 7.14. The first kappa shape index (κ1) is 31.3. The molecule has 2 atom stereocenters. The molecular weight excluding hydrogens is 553 g/mol. The quantitative estimate of drug-likeness (QED) is 0.307. The van der Waals surface area contributed by atoms with Crippen molar-refractivity contribution in [3.63, 3.8) is 0 Å². The van der Waals surface area contributed by atoms with Crippen molar-refractivity contribution in [1.82, 2.24) is 4.90 Å². The van der Waals surface area contributed by atoms with Crippen LogP contribution in [-0.4, -0.2) is 49.3 Å². The van der Waals surface area contributed by atoms with E-state index in [2.05, 4.69) is 10.6 Å². The molecule has 0 radical (unpaired) electrons. The first-order valence-electron chi connectivity index (χ1n) is 13.1. The van der Waals surface area contributed by atoms with E-state index < -0.39 is 12.2 Å². The molecule has 40 heavy (non-hydrogen) atoms. The summed E-state index contributed by atoms with van der Waals surface area (Å²) in [5.41, 5.74) is 4.96. The molecule has 2 aromatic rings. The SMILES string of the molecule is Cc1cccc(NC(=O)OCCN(CCOC(=O)Nc2cccc(C)c2C)C(=O)[C@@H]2[C@@H](C=C(Cl)Cl)C2(C)C)c1C. The second-order valence-electron chi connectivity index (χ2n) is 10.6. The highest BCUT2D eigenvalue weighted by Crippen LogP contribution is 2.60. The molecule has 216 valence electrons. The number of carbonyl (C=O) groups excluding carboxylic acids is 3. The molecule has 1 fully saturated rings. The van der Waals surface area contributed by atoms with Gasteiger partial charge in [0, 0.05) is 11.4 Å². The van der Waals surface area contributed by atoms with Crippen molar-refractivity contribution in [3.8, 4) is 0 Å². The lowest BCUT2D eigenvalue weighted by molar-refractivity contribution is -0.134. The monoisotopic (exact) mass is 589 g/mol. The molecule has 3 rings (SSSR count). The molecule has 0 saturated heterocycles. The molecule has 0 heterocycles. The third-order valence-corrected chi connectivity index (χ3v) is 7.92. The van der Waals surface area contributed by atoms with Crippen LogP contribution in [0.2, 0.25) is 0 Å². The number of benzene rings is 2. The number of anilines is 2. The van der Waals surface area contributed by atoms with Crippen LogP contribution in [0.3, 0.4) is 0 Å². The van der Waals surface area contributed by atoms with E-state index in [1.54, 1.807) is 23.1 Å². The molecule has 2 N–H and O–H groups in total. The molecule has 1 aliphatic rings. The Morgan fingerprint density at radius 2 is 1.30 bits per heavy atom. The molecule has 0 unspecified atom stereocenters. The van der Waals surface area contributed by atoms with E-state index in [-0.39, 0.29) is 54.0 Å². The van der Waals surface area contributed by atoms with Gasteiger partial charge in [0.2, 0.25) is 5.91 Å². The summed E-state index contributed by atoms with van der Waals surface area (Å²) in [6, 6.07) is 11.2. The van der Waals surface area contributed by atoms with Crippen LogP contribution < -0.4 is 10.6 Å². The van der Waals surface area contributed by atoms with E-state index in [0.717, 1.165) is 22.3 Å². The van der Waals surface area contributed by atoms with Crippen LogP contribution >= 0.6 is 23.2 Å². The van der Waals surface area contributed by atoms with Gasteiger partial charge in [0.25, 0.3) is 0 Å². The van der Waals surface area contributed by atoms with Crippen molar-refractivity contribution < 1.29 is 23.9 Å².